The topological polar surface area (TPSA) is 78.9 Å². The molecule has 0 fully saturated rings. The van der Waals surface area contributed by atoms with Gasteiger partial charge in [-0.15, -0.1) is 0 Å². The predicted molar refractivity (Wildman–Crippen MR) is 157 cm³/mol. The molecule has 39 heavy (non-hydrogen) atoms. The van der Waals surface area contributed by atoms with E-state index in [1.165, 1.54) is 32.6 Å². The summed E-state index contributed by atoms with van der Waals surface area (Å²) in [7, 11) is 0. The molecule has 1 aromatic carbocycles. The summed E-state index contributed by atoms with van der Waals surface area (Å²) in [6, 6.07) is 6.62. The van der Waals surface area contributed by atoms with E-state index in [1.54, 1.807) is 24.3 Å². The average Bonchev–Trinajstić information content (AvgIpc) is 2.91. The van der Waals surface area contributed by atoms with Gasteiger partial charge in [0.2, 0.25) is 0 Å². The molecule has 0 aromatic heterocycles. The second kappa shape index (κ2) is 23.3. The lowest BCUT2D eigenvalue weighted by molar-refractivity contribution is -0.149. The van der Waals surface area contributed by atoms with Gasteiger partial charge in [-0.3, -0.25) is 9.59 Å². The van der Waals surface area contributed by atoms with Gasteiger partial charge in [0.15, 0.2) is 0 Å². The van der Waals surface area contributed by atoms with Crippen LogP contribution in [0.15, 0.2) is 36.4 Å². The molecule has 1 rings (SSSR count). The molecule has 1 atom stereocenters. The minimum absolute atomic E-state index is 0.0106. The van der Waals surface area contributed by atoms with Crippen LogP contribution in [-0.4, -0.2) is 30.6 Å². The Balaban J connectivity index is 2.16. The van der Waals surface area contributed by atoms with Crippen LogP contribution in [0, 0.1) is 0 Å². The molecule has 0 saturated heterocycles. The Labute approximate surface area is 236 Å². The standard InChI is InChI=1S/C33H52O6/c1-4-6-8-17-22-29(39-32(35)26-16-7-5-2)23-18-14-12-10-9-11-13-15-21-27-37-33(36)30-24-19-20-25-31(30)38-28(3)34/h14,18-20,24-25,29H,4-13,15-17,21-23,26-27H2,1-3H3. The Kier molecular flexibility index (Phi) is 20.5. The number of carbonyl (C=O) groups excluding carboxylic acids is 3. The number of rotatable bonds is 23. The summed E-state index contributed by atoms with van der Waals surface area (Å²) < 4.78 is 16.2. The summed E-state index contributed by atoms with van der Waals surface area (Å²) in [5.74, 6) is -0.742. The molecule has 0 amide bonds. The van der Waals surface area contributed by atoms with Gasteiger partial charge in [0.1, 0.15) is 17.4 Å². The maximum atomic E-state index is 12.3. The highest BCUT2D eigenvalue weighted by Crippen LogP contribution is 2.20. The summed E-state index contributed by atoms with van der Waals surface area (Å²) in [5, 5.41) is 0. The van der Waals surface area contributed by atoms with Crippen molar-refractivity contribution in [2.75, 3.05) is 6.61 Å². The zero-order chi connectivity index (χ0) is 28.6. The van der Waals surface area contributed by atoms with Gasteiger partial charge in [0.05, 0.1) is 6.61 Å². The van der Waals surface area contributed by atoms with Crippen molar-refractivity contribution in [2.45, 2.75) is 136 Å². The third kappa shape index (κ3) is 18.3. The summed E-state index contributed by atoms with van der Waals surface area (Å²) in [6.45, 7) is 6.02. The third-order valence-electron chi connectivity index (χ3n) is 6.59. The summed E-state index contributed by atoms with van der Waals surface area (Å²) in [6.07, 6.45) is 22.1. The Morgan fingerprint density at radius 3 is 2.21 bits per heavy atom. The minimum Gasteiger partial charge on any atom is -0.462 e. The van der Waals surface area contributed by atoms with E-state index in [0.29, 0.717) is 13.0 Å². The molecule has 1 unspecified atom stereocenters. The molecule has 0 aliphatic rings. The lowest BCUT2D eigenvalue weighted by Crippen LogP contribution is -2.17. The fraction of sp³-hybridized carbons (Fsp3) is 0.667. The van der Waals surface area contributed by atoms with Crippen molar-refractivity contribution in [3.8, 4) is 5.75 Å². The lowest BCUT2D eigenvalue weighted by atomic mass is 10.1. The van der Waals surface area contributed by atoms with E-state index >= 15 is 0 Å². The quantitative estimate of drug-likeness (QED) is 0.0592. The number of ether oxygens (including phenoxy) is 3. The highest BCUT2D eigenvalue weighted by Gasteiger charge is 2.15. The van der Waals surface area contributed by atoms with Gasteiger partial charge in [-0.2, -0.15) is 0 Å². The number of hydrogen-bond acceptors (Lipinski definition) is 6. The first-order valence-electron chi connectivity index (χ1n) is 15.3. The van der Waals surface area contributed by atoms with Crippen molar-refractivity contribution in [1.29, 1.82) is 0 Å². The fourth-order valence-corrected chi connectivity index (χ4v) is 4.35. The molecule has 0 aliphatic carbocycles. The number of unbranched alkanes of at least 4 members (excludes halogenated alkanes) is 11. The molecular weight excluding hydrogens is 492 g/mol. The van der Waals surface area contributed by atoms with Crippen molar-refractivity contribution in [1.82, 2.24) is 0 Å². The van der Waals surface area contributed by atoms with E-state index in [9.17, 15) is 14.4 Å². The van der Waals surface area contributed by atoms with Crippen molar-refractivity contribution in [3.05, 3.63) is 42.0 Å². The van der Waals surface area contributed by atoms with Gasteiger partial charge in [-0.25, -0.2) is 4.79 Å². The maximum Gasteiger partial charge on any atom is 0.341 e. The Morgan fingerprint density at radius 2 is 1.46 bits per heavy atom. The van der Waals surface area contributed by atoms with E-state index in [0.717, 1.165) is 77.0 Å². The summed E-state index contributed by atoms with van der Waals surface area (Å²) in [4.78, 5) is 35.7. The van der Waals surface area contributed by atoms with Crippen molar-refractivity contribution < 1.29 is 28.6 Å². The molecule has 6 nitrogen and oxygen atoms in total. The van der Waals surface area contributed by atoms with Crippen LogP contribution < -0.4 is 4.74 Å². The average molecular weight is 545 g/mol. The van der Waals surface area contributed by atoms with Gasteiger partial charge in [0, 0.05) is 19.8 Å². The maximum absolute atomic E-state index is 12.3. The van der Waals surface area contributed by atoms with E-state index in [2.05, 4.69) is 26.0 Å². The van der Waals surface area contributed by atoms with E-state index < -0.39 is 11.9 Å². The normalized spacial score (nSPS) is 11.9. The van der Waals surface area contributed by atoms with Gasteiger partial charge in [0.25, 0.3) is 0 Å². The molecule has 0 aliphatic heterocycles. The van der Waals surface area contributed by atoms with Crippen molar-refractivity contribution in [3.63, 3.8) is 0 Å². The highest BCUT2D eigenvalue weighted by atomic mass is 16.6. The van der Waals surface area contributed by atoms with E-state index in [4.69, 9.17) is 14.2 Å². The van der Waals surface area contributed by atoms with Crippen LogP contribution in [0.1, 0.15) is 140 Å². The van der Waals surface area contributed by atoms with Crippen LogP contribution >= 0.6 is 0 Å². The number of para-hydroxylation sites is 1. The van der Waals surface area contributed by atoms with Crippen LogP contribution in [0.25, 0.3) is 0 Å². The summed E-state index contributed by atoms with van der Waals surface area (Å²) >= 11 is 0. The zero-order valence-corrected chi connectivity index (χ0v) is 24.7. The first-order chi connectivity index (χ1) is 19.0. The molecule has 0 spiro atoms. The second-order valence-electron chi connectivity index (χ2n) is 10.3. The number of carbonyl (C=O) groups is 3. The minimum atomic E-state index is -0.466. The Morgan fingerprint density at radius 1 is 0.795 bits per heavy atom. The van der Waals surface area contributed by atoms with Crippen LogP contribution in [-0.2, 0) is 19.1 Å². The Hall–Kier alpha value is -2.63. The molecule has 0 bridgehead atoms. The number of allylic oxidation sites excluding steroid dienone is 1. The molecule has 6 heteroatoms. The van der Waals surface area contributed by atoms with Gasteiger partial charge in [-0.1, -0.05) is 95.9 Å². The number of esters is 3. The highest BCUT2D eigenvalue weighted by molar-refractivity contribution is 5.93. The molecule has 0 radical (unpaired) electrons. The zero-order valence-electron chi connectivity index (χ0n) is 24.7. The van der Waals surface area contributed by atoms with Crippen LogP contribution in [0.2, 0.25) is 0 Å². The number of benzene rings is 1. The van der Waals surface area contributed by atoms with Crippen LogP contribution in [0.3, 0.4) is 0 Å². The van der Waals surface area contributed by atoms with Crippen molar-refractivity contribution >= 4 is 17.9 Å². The predicted octanol–water partition coefficient (Wildman–Crippen LogP) is 8.91. The van der Waals surface area contributed by atoms with E-state index in [1.807, 2.05) is 0 Å². The van der Waals surface area contributed by atoms with Gasteiger partial charge >= 0.3 is 17.9 Å². The fourth-order valence-electron chi connectivity index (χ4n) is 4.35. The first kappa shape index (κ1) is 34.4. The molecule has 220 valence electrons. The van der Waals surface area contributed by atoms with Gasteiger partial charge < -0.3 is 14.2 Å². The van der Waals surface area contributed by atoms with Crippen LogP contribution in [0.5, 0.6) is 5.75 Å². The largest absolute Gasteiger partial charge is 0.462 e. The first-order valence-corrected chi connectivity index (χ1v) is 15.3. The Bertz CT molecular complexity index is 831. The van der Waals surface area contributed by atoms with Crippen LogP contribution in [0.4, 0.5) is 0 Å². The third-order valence-corrected chi connectivity index (χ3v) is 6.59. The lowest BCUT2D eigenvalue weighted by Gasteiger charge is -2.16. The van der Waals surface area contributed by atoms with E-state index in [-0.39, 0.29) is 23.4 Å². The monoisotopic (exact) mass is 544 g/mol. The van der Waals surface area contributed by atoms with Gasteiger partial charge in [-0.05, 0) is 50.7 Å². The second-order valence-corrected chi connectivity index (χ2v) is 10.3. The van der Waals surface area contributed by atoms with Crippen molar-refractivity contribution in [2.24, 2.45) is 0 Å². The molecule has 0 heterocycles. The molecule has 0 N–H and O–H groups in total. The number of hydrogen-bond donors (Lipinski definition) is 0. The smallest absolute Gasteiger partial charge is 0.341 e. The SMILES string of the molecule is CCCCCCC(CC=CCCCCCCCCOC(=O)c1ccccc1OC(C)=O)OC(=O)CCCCC. The molecular formula is C33H52O6. The molecule has 0 saturated carbocycles. The molecule has 1 aromatic rings. The summed E-state index contributed by atoms with van der Waals surface area (Å²) in [5.41, 5.74) is 0.272.